The van der Waals surface area contributed by atoms with E-state index in [-0.39, 0.29) is 30.7 Å². The molecule has 0 aliphatic carbocycles. The molecule has 33 heavy (non-hydrogen) atoms. The van der Waals surface area contributed by atoms with Crippen LogP contribution in [-0.4, -0.2) is 26.2 Å². The SMILES string of the molecule is Cc1cc(C(=O)NCc2cccc(NC(=O)Cn3cccn3)c2)c(C)n1-c1ccccc1F. The molecule has 0 bridgehead atoms. The first-order valence-corrected chi connectivity index (χ1v) is 10.5. The van der Waals surface area contributed by atoms with Crippen LogP contribution < -0.4 is 10.6 Å². The summed E-state index contributed by atoms with van der Waals surface area (Å²) < 4.78 is 17.6. The lowest BCUT2D eigenvalue weighted by atomic mass is 10.2. The molecule has 0 unspecified atom stereocenters. The summed E-state index contributed by atoms with van der Waals surface area (Å²) in [6, 6.07) is 17.3. The summed E-state index contributed by atoms with van der Waals surface area (Å²) in [5, 5.41) is 9.76. The highest BCUT2D eigenvalue weighted by molar-refractivity contribution is 5.96. The summed E-state index contributed by atoms with van der Waals surface area (Å²) in [7, 11) is 0. The molecule has 2 heterocycles. The third-order valence-electron chi connectivity index (χ3n) is 5.30. The number of rotatable bonds is 7. The molecule has 4 rings (SSSR count). The summed E-state index contributed by atoms with van der Waals surface area (Å²) >= 11 is 0. The highest BCUT2D eigenvalue weighted by atomic mass is 19.1. The van der Waals surface area contributed by atoms with Crippen LogP contribution in [0.5, 0.6) is 0 Å². The van der Waals surface area contributed by atoms with Crippen molar-refractivity contribution in [3.63, 3.8) is 0 Å². The Bertz CT molecular complexity index is 1290. The molecule has 0 radical (unpaired) electrons. The standard InChI is InChI=1S/C25H24FN5O2/c1-17-13-21(18(2)31(17)23-10-4-3-9-22(23)26)25(33)27-15-19-7-5-8-20(14-19)29-24(32)16-30-12-6-11-28-30/h3-14H,15-16H2,1-2H3,(H,27,33)(H,29,32). The van der Waals surface area contributed by atoms with E-state index in [0.717, 1.165) is 11.3 Å². The Morgan fingerprint density at radius 1 is 1.03 bits per heavy atom. The molecule has 2 amide bonds. The van der Waals surface area contributed by atoms with Gasteiger partial charge in [-0.05, 0) is 55.8 Å². The van der Waals surface area contributed by atoms with E-state index in [4.69, 9.17) is 0 Å². The first-order chi connectivity index (χ1) is 15.9. The molecule has 2 aromatic carbocycles. The third kappa shape index (κ3) is 5.01. The third-order valence-corrected chi connectivity index (χ3v) is 5.30. The largest absolute Gasteiger partial charge is 0.348 e. The molecule has 4 aromatic rings. The fraction of sp³-hybridized carbons (Fsp3) is 0.160. The zero-order chi connectivity index (χ0) is 23.4. The van der Waals surface area contributed by atoms with Crippen LogP contribution in [0.2, 0.25) is 0 Å². The van der Waals surface area contributed by atoms with Crippen molar-refractivity contribution in [1.29, 1.82) is 0 Å². The van der Waals surface area contributed by atoms with Crippen LogP contribution in [0.3, 0.4) is 0 Å². The molecule has 168 valence electrons. The lowest BCUT2D eigenvalue weighted by Gasteiger charge is -2.11. The van der Waals surface area contributed by atoms with Gasteiger partial charge in [0.15, 0.2) is 0 Å². The molecule has 8 heteroatoms. The zero-order valence-corrected chi connectivity index (χ0v) is 18.4. The van der Waals surface area contributed by atoms with Crippen LogP contribution in [0.25, 0.3) is 5.69 Å². The highest BCUT2D eigenvalue weighted by Crippen LogP contribution is 2.23. The Labute approximate surface area is 190 Å². The van der Waals surface area contributed by atoms with Crippen LogP contribution in [0, 0.1) is 19.7 Å². The van der Waals surface area contributed by atoms with E-state index in [9.17, 15) is 14.0 Å². The van der Waals surface area contributed by atoms with Crippen molar-refractivity contribution in [2.45, 2.75) is 26.9 Å². The number of benzene rings is 2. The Hall–Kier alpha value is -4.20. The number of anilines is 1. The lowest BCUT2D eigenvalue weighted by Crippen LogP contribution is -2.23. The summed E-state index contributed by atoms with van der Waals surface area (Å²) in [5.74, 6) is -0.794. The molecule has 0 aliphatic heterocycles. The normalized spacial score (nSPS) is 10.8. The maximum Gasteiger partial charge on any atom is 0.253 e. The summed E-state index contributed by atoms with van der Waals surface area (Å²) in [6.07, 6.45) is 3.33. The van der Waals surface area contributed by atoms with Crippen molar-refractivity contribution >= 4 is 17.5 Å². The van der Waals surface area contributed by atoms with E-state index in [1.54, 1.807) is 60.3 Å². The van der Waals surface area contributed by atoms with Crippen molar-refractivity contribution < 1.29 is 14.0 Å². The molecule has 7 nitrogen and oxygen atoms in total. The topological polar surface area (TPSA) is 81.0 Å². The molecule has 0 aliphatic rings. The second-order valence-electron chi connectivity index (χ2n) is 7.71. The summed E-state index contributed by atoms with van der Waals surface area (Å²) in [4.78, 5) is 25.0. The average Bonchev–Trinajstić information content (AvgIpc) is 3.40. The lowest BCUT2D eigenvalue weighted by molar-refractivity contribution is -0.116. The molecule has 0 spiro atoms. The van der Waals surface area contributed by atoms with E-state index >= 15 is 0 Å². The van der Waals surface area contributed by atoms with E-state index in [1.807, 2.05) is 25.1 Å². The van der Waals surface area contributed by atoms with Crippen LogP contribution >= 0.6 is 0 Å². The van der Waals surface area contributed by atoms with Gasteiger partial charge in [-0.1, -0.05) is 24.3 Å². The minimum absolute atomic E-state index is 0.117. The second-order valence-corrected chi connectivity index (χ2v) is 7.71. The molecule has 2 N–H and O–H groups in total. The second kappa shape index (κ2) is 9.52. The van der Waals surface area contributed by atoms with Gasteiger partial charge in [0.1, 0.15) is 12.4 Å². The predicted molar refractivity (Wildman–Crippen MR) is 124 cm³/mol. The van der Waals surface area contributed by atoms with Crippen molar-refractivity contribution in [2.24, 2.45) is 0 Å². The van der Waals surface area contributed by atoms with Gasteiger partial charge in [0.05, 0.1) is 11.3 Å². The Morgan fingerprint density at radius 3 is 2.61 bits per heavy atom. The van der Waals surface area contributed by atoms with Gasteiger partial charge in [-0.15, -0.1) is 0 Å². The first kappa shape index (κ1) is 22.0. The average molecular weight is 445 g/mol. The van der Waals surface area contributed by atoms with Gasteiger partial charge in [-0.25, -0.2) is 4.39 Å². The minimum Gasteiger partial charge on any atom is -0.348 e. The van der Waals surface area contributed by atoms with E-state index in [2.05, 4.69) is 15.7 Å². The number of amides is 2. The number of para-hydroxylation sites is 1. The summed E-state index contributed by atoms with van der Waals surface area (Å²) in [6.45, 7) is 4.03. The Morgan fingerprint density at radius 2 is 1.85 bits per heavy atom. The predicted octanol–water partition coefficient (Wildman–Crippen LogP) is 4.00. The number of aromatic nitrogens is 3. The number of halogens is 1. The van der Waals surface area contributed by atoms with Gasteiger partial charge in [0.25, 0.3) is 5.91 Å². The number of nitrogens with one attached hydrogen (secondary N) is 2. The minimum atomic E-state index is -0.349. The van der Waals surface area contributed by atoms with Gasteiger partial charge in [-0.2, -0.15) is 5.10 Å². The van der Waals surface area contributed by atoms with Crippen LogP contribution in [0.15, 0.2) is 73.1 Å². The smallest absolute Gasteiger partial charge is 0.253 e. The van der Waals surface area contributed by atoms with Crippen molar-refractivity contribution in [3.05, 3.63) is 101 Å². The molecule has 0 saturated carbocycles. The van der Waals surface area contributed by atoms with Crippen molar-refractivity contribution in [2.75, 3.05) is 5.32 Å². The molecule has 2 aromatic heterocycles. The maximum atomic E-state index is 14.3. The van der Waals surface area contributed by atoms with E-state index in [0.29, 0.717) is 22.6 Å². The number of carbonyl (C=O) groups excluding carboxylic acids is 2. The first-order valence-electron chi connectivity index (χ1n) is 10.5. The van der Waals surface area contributed by atoms with Gasteiger partial charge in [-0.3, -0.25) is 14.3 Å². The van der Waals surface area contributed by atoms with E-state index < -0.39 is 0 Å². The Balaban J connectivity index is 1.42. The Kier molecular flexibility index (Phi) is 6.35. The number of hydrogen-bond donors (Lipinski definition) is 2. The maximum absolute atomic E-state index is 14.3. The van der Waals surface area contributed by atoms with Crippen LogP contribution in [0.1, 0.15) is 27.3 Å². The van der Waals surface area contributed by atoms with Crippen molar-refractivity contribution in [3.8, 4) is 5.69 Å². The number of carbonyl (C=O) groups is 2. The fourth-order valence-corrected chi connectivity index (χ4v) is 3.77. The monoisotopic (exact) mass is 445 g/mol. The molecule has 0 atom stereocenters. The molecular weight excluding hydrogens is 421 g/mol. The fourth-order valence-electron chi connectivity index (χ4n) is 3.77. The molecule has 0 saturated heterocycles. The van der Waals surface area contributed by atoms with Gasteiger partial charge >= 0.3 is 0 Å². The van der Waals surface area contributed by atoms with Crippen LogP contribution in [-0.2, 0) is 17.9 Å². The quantitative estimate of drug-likeness (QED) is 0.451. The summed E-state index contributed by atoms with van der Waals surface area (Å²) in [5.41, 5.74) is 3.80. The number of aryl methyl sites for hydroxylation is 1. The highest BCUT2D eigenvalue weighted by Gasteiger charge is 2.18. The van der Waals surface area contributed by atoms with Gasteiger partial charge in [0, 0.05) is 36.0 Å². The van der Waals surface area contributed by atoms with Crippen molar-refractivity contribution in [1.82, 2.24) is 19.7 Å². The number of nitrogens with zero attached hydrogens (tertiary/aromatic N) is 3. The van der Waals surface area contributed by atoms with Gasteiger partial charge < -0.3 is 15.2 Å². The zero-order valence-electron chi connectivity index (χ0n) is 18.4. The van der Waals surface area contributed by atoms with Gasteiger partial charge in [0.2, 0.25) is 5.91 Å². The van der Waals surface area contributed by atoms with Crippen LogP contribution in [0.4, 0.5) is 10.1 Å². The molecule has 0 fully saturated rings. The van der Waals surface area contributed by atoms with E-state index in [1.165, 1.54) is 10.7 Å². The number of hydrogen-bond acceptors (Lipinski definition) is 3. The molecular formula is C25H24FN5O2.